The first-order valence-corrected chi connectivity index (χ1v) is 8.06. The highest BCUT2D eigenvalue weighted by molar-refractivity contribution is 5.88. The van der Waals surface area contributed by atoms with E-state index in [1.54, 1.807) is 6.33 Å². The number of fused-ring (bicyclic) bond motifs is 1. The van der Waals surface area contributed by atoms with Crippen LogP contribution in [-0.4, -0.2) is 52.3 Å². The maximum Gasteiger partial charge on any atom is 0.137 e. The summed E-state index contributed by atoms with van der Waals surface area (Å²) >= 11 is 0. The van der Waals surface area contributed by atoms with E-state index in [2.05, 4.69) is 26.3 Å². The van der Waals surface area contributed by atoms with Crippen molar-refractivity contribution in [2.24, 2.45) is 5.92 Å². The number of aliphatic hydroxyl groups is 1. The van der Waals surface area contributed by atoms with Crippen molar-refractivity contribution in [2.75, 3.05) is 31.5 Å². The molecular weight excluding hydrogens is 276 g/mol. The van der Waals surface area contributed by atoms with Gasteiger partial charge >= 0.3 is 0 Å². The molecule has 0 spiro atoms. The Morgan fingerprint density at radius 3 is 2.82 bits per heavy atom. The fourth-order valence-electron chi connectivity index (χ4n) is 3.13. The SMILES string of the molecule is C[C@H](O)CN1CCC(CNc2ncnc3ccccc23)CC1. The van der Waals surface area contributed by atoms with Crippen molar-refractivity contribution < 1.29 is 5.11 Å². The van der Waals surface area contributed by atoms with E-state index in [1.807, 2.05) is 25.1 Å². The monoisotopic (exact) mass is 300 g/mol. The number of aromatic nitrogens is 2. The number of anilines is 1. The van der Waals surface area contributed by atoms with Crippen LogP contribution >= 0.6 is 0 Å². The summed E-state index contributed by atoms with van der Waals surface area (Å²) in [6, 6.07) is 8.09. The molecule has 118 valence electrons. The lowest BCUT2D eigenvalue weighted by Gasteiger charge is -2.32. The van der Waals surface area contributed by atoms with Crippen molar-refractivity contribution in [1.29, 1.82) is 0 Å². The van der Waals surface area contributed by atoms with Gasteiger partial charge < -0.3 is 15.3 Å². The van der Waals surface area contributed by atoms with Crippen molar-refractivity contribution in [3.05, 3.63) is 30.6 Å². The number of hydrogen-bond acceptors (Lipinski definition) is 5. The molecule has 1 aliphatic heterocycles. The van der Waals surface area contributed by atoms with Crippen molar-refractivity contribution in [3.63, 3.8) is 0 Å². The van der Waals surface area contributed by atoms with E-state index in [0.717, 1.165) is 42.9 Å². The van der Waals surface area contributed by atoms with E-state index in [-0.39, 0.29) is 6.10 Å². The molecule has 0 saturated carbocycles. The van der Waals surface area contributed by atoms with E-state index in [0.29, 0.717) is 5.92 Å². The molecule has 1 atom stereocenters. The molecular formula is C17H24N4O. The molecule has 1 aromatic heterocycles. The lowest BCUT2D eigenvalue weighted by atomic mass is 9.96. The number of piperidine rings is 1. The van der Waals surface area contributed by atoms with Crippen LogP contribution in [0, 0.1) is 5.92 Å². The number of para-hydroxylation sites is 1. The molecule has 1 saturated heterocycles. The molecule has 2 aromatic rings. The van der Waals surface area contributed by atoms with Gasteiger partial charge in [-0.3, -0.25) is 0 Å². The Hall–Kier alpha value is -1.72. The summed E-state index contributed by atoms with van der Waals surface area (Å²) in [6.07, 6.45) is 3.73. The van der Waals surface area contributed by atoms with Gasteiger partial charge in [0.25, 0.3) is 0 Å². The van der Waals surface area contributed by atoms with Gasteiger partial charge in [0.05, 0.1) is 11.6 Å². The molecule has 0 bridgehead atoms. The van der Waals surface area contributed by atoms with Gasteiger partial charge in [0, 0.05) is 18.5 Å². The van der Waals surface area contributed by atoms with Crippen LogP contribution in [-0.2, 0) is 0 Å². The Balaban J connectivity index is 1.55. The van der Waals surface area contributed by atoms with Gasteiger partial charge in [0.1, 0.15) is 12.1 Å². The van der Waals surface area contributed by atoms with Gasteiger partial charge in [-0.1, -0.05) is 12.1 Å². The number of rotatable bonds is 5. The normalized spacial score (nSPS) is 18.5. The van der Waals surface area contributed by atoms with Gasteiger partial charge in [0.2, 0.25) is 0 Å². The second kappa shape index (κ2) is 7.03. The summed E-state index contributed by atoms with van der Waals surface area (Å²) in [5.41, 5.74) is 0.978. The molecule has 0 unspecified atom stereocenters. The van der Waals surface area contributed by atoms with E-state index >= 15 is 0 Å². The zero-order valence-electron chi connectivity index (χ0n) is 13.1. The van der Waals surface area contributed by atoms with Gasteiger partial charge in [0.15, 0.2) is 0 Å². The highest BCUT2D eigenvalue weighted by Crippen LogP contribution is 2.21. The minimum atomic E-state index is -0.234. The Kier molecular flexibility index (Phi) is 4.85. The van der Waals surface area contributed by atoms with Crippen molar-refractivity contribution in [1.82, 2.24) is 14.9 Å². The van der Waals surface area contributed by atoms with Crippen LogP contribution in [0.4, 0.5) is 5.82 Å². The highest BCUT2D eigenvalue weighted by Gasteiger charge is 2.20. The number of benzene rings is 1. The van der Waals surface area contributed by atoms with Gasteiger partial charge in [-0.15, -0.1) is 0 Å². The average Bonchev–Trinajstić information content (AvgIpc) is 2.54. The fourth-order valence-corrected chi connectivity index (χ4v) is 3.13. The summed E-state index contributed by atoms with van der Waals surface area (Å²) in [5.74, 6) is 1.59. The van der Waals surface area contributed by atoms with Crippen molar-refractivity contribution in [3.8, 4) is 0 Å². The standard InChI is InChI=1S/C17H24N4O/c1-13(22)11-21-8-6-14(7-9-21)10-18-17-15-4-2-3-5-16(15)19-12-20-17/h2-5,12-14,22H,6-11H2,1H3,(H,18,19,20)/t13-/m0/s1. The van der Waals surface area contributed by atoms with Crippen molar-refractivity contribution in [2.45, 2.75) is 25.9 Å². The summed E-state index contributed by atoms with van der Waals surface area (Å²) in [6.45, 7) is 5.73. The molecule has 5 heteroatoms. The molecule has 0 radical (unpaired) electrons. The predicted molar refractivity (Wildman–Crippen MR) is 88.9 cm³/mol. The molecule has 2 heterocycles. The minimum absolute atomic E-state index is 0.234. The third-order valence-electron chi connectivity index (χ3n) is 4.33. The second-order valence-electron chi connectivity index (χ2n) is 6.21. The summed E-state index contributed by atoms with van der Waals surface area (Å²) < 4.78 is 0. The van der Waals surface area contributed by atoms with Crippen LogP contribution in [0.25, 0.3) is 10.9 Å². The Morgan fingerprint density at radius 1 is 1.27 bits per heavy atom. The first-order valence-electron chi connectivity index (χ1n) is 8.06. The number of β-amino-alcohol motifs (C(OH)–C–C–N with tert-alkyl or cyclic N) is 1. The first-order chi connectivity index (χ1) is 10.7. The largest absolute Gasteiger partial charge is 0.392 e. The van der Waals surface area contributed by atoms with Crippen LogP contribution in [0.3, 0.4) is 0 Å². The van der Waals surface area contributed by atoms with Crippen LogP contribution in [0.5, 0.6) is 0 Å². The molecule has 3 rings (SSSR count). The Bertz CT molecular complexity index is 603. The predicted octanol–water partition coefficient (Wildman–Crippen LogP) is 2.13. The molecule has 1 fully saturated rings. The molecule has 22 heavy (non-hydrogen) atoms. The quantitative estimate of drug-likeness (QED) is 0.886. The van der Waals surface area contributed by atoms with E-state index in [4.69, 9.17) is 0 Å². The van der Waals surface area contributed by atoms with Gasteiger partial charge in [-0.25, -0.2) is 9.97 Å². The molecule has 0 aliphatic carbocycles. The van der Waals surface area contributed by atoms with Crippen LogP contribution < -0.4 is 5.32 Å². The maximum absolute atomic E-state index is 9.45. The average molecular weight is 300 g/mol. The second-order valence-corrected chi connectivity index (χ2v) is 6.21. The molecule has 1 aromatic carbocycles. The number of aliphatic hydroxyl groups excluding tert-OH is 1. The Labute approximate surface area is 131 Å². The maximum atomic E-state index is 9.45. The third kappa shape index (κ3) is 3.72. The summed E-state index contributed by atoms with van der Waals surface area (Å²) in [5, 5.41) is 14.0. The van der Waals surface area contributed by atoms with Crippen LogP contribution in [0.15, 0.2) is 30.6 Å². The zero-order chi connectivity index (χ0) is 15.4. The number of nitrogens with zero attached hydrogens (tertiary/aromatic N) is 3. The lowest BCUT2D eigenvalue weighted by Crippen LogP contribution is -2.39. The van der Waals surface area contributed by atoms with Crippen molar-refractivity contribution >= 4 is 16.7 Å². The summed E-state index contributed by atoms with van der Waals surface area (Å²) in [4.78, 5) is 11.0. The Morgan fingerprint density at radius 2 is 2.05 bits per heavy atom. The highest BCUT2D eigenvalue weighted by atomic mass is 16.3. The third-order valence-corrected chi connectivity index (χ3v) is 4.33. The molecule has 1 aliphatic rings. The summed E-state index contributed by atoms with van der Waals surface area (Å²) in [7, 11) is 0. The van der Waals surface area contributed by atoms with E-state index < -0.39 is 0 Å². The van der Waals surface area contributed by atoms with Gasteiger partial charge in [-0.2, -0.15) is 0 Å². The number of hydrogen-bond donors (Lipinski definition) is 2. The van der Waals surface area contributed by atoms with E-state index in [1.165, 1.54) is 12.8 Å². The van der Waals surface area contributed by atoms with Crippen LogP contribution in [0.2, 0.25) is 0 Å². The van der Waals surface area contributed by atoms with E-state index in [9.17, 15) is 5.11 Å². The molecule has 0 amide bonds. The minimum Gasteiger partial charge on any atom is -0.392 e. The fraction of sp³-hybridized carbons (Fsp3) is 0.529. The first kappa shape index (κ1) is 15.2. The number of nitrogens with one attached hydrogen (secondary N) is 1. The smallest absolute Gasteiger partial charge is 0.137 e. The topological polar surface area (TPSA) is 61.3 Å². The van der Waals surface area contributed by atoms with Crippen LogP contribution in [0.1, 0.15) is 19.8 Å². The van der Waals surface area contributed by atoms with Gasteiger partial charge in [-0.05, 0) is 50.9 Å². The lowest BCUT2D eigenvalue weighted by molar-refractivity contribution is 0.102. The zero-order valence-corrected chi connectivity index (χ0v) is 13.1. The molecule has 2 N–H and O–H groups in total. The number of likely N-dealkylation sites (tertiary alicyclic amines) is 1. The molecule has 5 nitrogen and oxygen atoms in total.